The summed E-state index contributed by atoms with van der Waals surface area (Å²) in [7, 11) is 0. The Morgan fingerprint density at radius 3 is 2.38 bits per heavy atom. The number of benzene rings is 1. The summed E-state index contributed by atoms with van der Waals surface area (Å²) in [4.78, 5) is 8.29. The Balaban J connectivity index is 1.66. The highest BCUT2D eigenvalue weighted by molar-refractivity contribution is 5.79. The second-order valence-electron chi connectivity index (χ2n) is 4.44. The molecule has 0 aliphatic heterocycles. The van der Waals surface area contributed by atoms with Gasteiger partial charge in [-0.15, -0.1) is 0 Å². The fourth-order valence-electron chi connectivity index (χ4n) is 1.88. The van der Waals surface area contributed by atoms with Crippen molar-refractivity contribution in [2.24, 2.45) is 5.10 Å². The van der Waals surface area contributed by atoms with E-state index in [1.807, 2.05) is 54.6 Å². The third kappa shape index (κ3) is 3.51. The highest BCUT2D eigenvalue weighted by Crippen LogP contribution is 2.18. The highest BCUT2D eigenvalue weighted by atomic mass is 15.3. The minimum atomic E-state index is 0.931. The molecule has 0 bridgehead atoms. The Labute approximate surface area is 123 Å². The van der Waals surface area contributed by atoms with Crippen LogP contribution in [0.2, 0.25) is 0 Å². The molecule has 0 spiro atoms. The molecule has 0 atom stereocenters. The van der Waals surface area contributed by atoms with E-state index in [1.165, 1.54) is 0 Å². The average molecular weight is 274 g/mol. The van der Waals surface area contributed by atoms with E-state index in [0.29, 0.717) is 0 Å². The smallest absolute Gasteiger partial charge is 0.0701 e. The summed E-state index contributed by atoms with van der Waals surface area (Å²) < 4.78 is 0. The van der Waals surface area contributed by atoms with E-state index >= 15 is 0 Å². The Bertz CT molecular complexity index is 707. The van der Waals surface area contributed by atoms with Crippen LogP contribution in [0.4, 0.5) is 5.69 Å². The molecule has 0 aliphatic rings. The largest absolute Gasteiger partial charge is 0.279 e. The molecule has 0 fully saturated rings. The summed E-state index contributed by atoms with van der Waals surface area (Å²) in [5.41, 5.74) is 6.98. The molecule has 0 amide bonds. The van der Waals surface area contributed by atoms with E-state index < -0.39 is 0 Å². The first-order valence-electron chi connectivity index (χ1n) is 6.62. The lowest BCUT2D eigenvalue weighted by Crippen LogP contribution is -1.91. The van der Waals surface area contributed by atoms with E-state index in [2.05, 4.69) is 20.5 Å². The van der Waals surface area contributed by atoms with Gasteiger partial charge < -0.3 is 0 Å². The number of nitrogens with one attached hydrogen (secondary N) is 1. The van der Waals surface area contributed by atoms with Crippen molar-refractivity contribution in [2.75, 3.05) is 5.43 Å². The van der Waals surface area contributed by atoms with Gasteiger partial charge in [0.15, 0.2) is 0 Å². The van der Waals surface area contributed by atoms with Crippen molar-refractivity contribution in [3.63, 3.8) is 0 Å². The zero-order chi connectivity index (χ0) is 14.3. The first-order valence-corrected chi connectivity index (χ1v) is 6.62. The first-order chi connectivity index (χ1) is 10.4. The van der Waals surface area contributed by atoms with Gasteiger partial charge in [0.05, 0.1) is 17.6 Å². The summed E-state index contributed by atoms with van der Waals surface area (Å²) in [5, 5.41) is 4.20. The van der Waals surface area contributed by atoms with Gasteiger partial charge in [0.2, 0.25) is 0 Å². The third-order valence-corrected chi connectivity index (χ3v) is 2.96. The molecule has 0 unspecified atom stereocenters. The third-order valence-electron chi connectivity index (χ3n) is 2.96. The number of hydrazone groups is 1. The number of hydrogen-bond acceptors (Lipinski definition) is 4. The van der Waals surface area contributed by atoms with E-state index in [-0.39, 0.29) is 0 Å². The van der Waals surface area contributed by atoms with Crippen LogP contribution in [0, 0.1) is 0 Å². The predicted molar refractivity (Wildman–Crippen MR) is 85.1 cm³/mol. The van der Waals surface area contributed by atoms with E-state index in [1.54, 1.807) is 24.8 Å². The molecule has 21 heavy (non-hydrogen) atoms. The van der Waals surface area contributed by atoms with Gasteiger partial charge in [-0.25, -0.2) is 0 Å². The van der Waals surface area contributed by atoms with Gasteiger partial charge in [0, 0.05) is 24.2 Å². The minimum Gasteiger partial charge on any atom is -0.279 e. The zero-order valence-electron chi connectivity index (χ0n) is 11.3. The van der Waals surface area contributed by atoms with Crippen molar-refractivity contribution in [1.29, 1.82) is 0 Å². The Morgan fingerprint density at radius 2 is 1.67 bits per heavy atom. The monoisotopic (exact) mass is 274 g/mol. The standard InChI is InChI=1S/C17H14N4/c1-2-10-19-17(3-1)15-4-6-16(7-5-15)21-20-13-14-8-11-18-12-9-14/h1-13,21H. The number of nitrogens with zero attached hydrogens (tertiary/aromatic N) is 3. The predicted octanol–water partition coefficient (Wildman–Crippen LogP) is 3.59. The van der Waals surface area contributed by atoms with Gasteiger partial charge in [-0.1, -0.05) is 18.2 Å². The first kappa shape index (κ1) is 13.0. The van der Waals surface area contributed by atoms with E-state index in [4.69, 9.17) is 0 Å². The Morgan fingerprint density at radius 1 is 0.857 bits per heavy atom. The Kier molecular flexibility index (Phi) is 3.98. The van der Waals surface area contributed by atoms with Crippen LogP contribution in [-0.4, -0.2) is 16.2 Å². The second-order valence-corrected chi connectivity index (χ2v) is 4.44. The quantitative estimate of drug-likeness (QED) is 0.584. The van der Waals surface area contributed by atoms with Crippen LogP contribution in [0.1, 0.15) is 5.56 Å². The van der Waals surface area contributed by atoms with Gasteiger partial charge in [-0.2, -0.15) is 5.10 Å². The normalized spacial score (nSPS) is 10.7. The molecular weight excluding hydrogens is 260 g/mol. The molecule has 2 heterocycles. The molecule has 102 valence electrons. The van der Waals surface area contributed by atoms with Crippen molar-refractivity contribution < 1.29 is 0 Å². The SMILES string of the molecule is C(=NNc1ccc(-c2ccccn2)cc1)c1ccncc1. The topological polar surface area (TPSA) is 50.2 Å². The van der Waals surface area contributed by atoms with Crippen molar-refractivity contribution in [3.8, 4) is 11.3 Å². The van der Waals surface area contributed by atoms with Crippen molar-refractivity contribution in [3.05, 3.63) is 78.8 Å². The summed E-state index contributed by atoms with van der Waals surface area (Å²) in [6.07, 6.45) is 7.03. The summed E-state index contributed by atoms with van der Waals surface area (Å²) in [5.74, 6) is 0. The lowest BCUT2D eigenvalue weighted by molar-refractivity contribution is 1.31. The van der Waals surface area contributed by atoms with Gasteiger partial charge in [0.25, 0.3) is 0 Å². The summed E-state index contributed by atoms with van der Waals surface area (Å²) >= 11 is 0. The van der Waals surface area contributed by atoms with Gasteiger partial charge in [0.1, 0.15) is 0 Å². The number of anilines is 1. The number of pyridine rings is 2. The highest BCUT2D eigenvalue weighted by Gasteiger charge is 1.97. The number of rotatable bonds is 4. The van der Waals surface area contributed by atoms with E-state index in [9.17, 15) is 0 Å². The van der Waals surface area contributed by atoms with Crippen LogP contribution >= 0.6 is 0 Å². The lowest BCUT2D eigenvalue weighted by atomic mass is 10.1. The Hall–Kier alpha value is -3.01. The van der Waals surface area contributed by atoms with E-state index in [0.717, 1.165) is 22.5 Å². The van der Waals surface area contributed by atoms with Crippen LogP contribution in [0.5, 0.6) is 0 Å². The molecule has 0 aliphatic carbocycles. The van der Waals surface area contributed by atoms with Crippen LogP contribution in [0.15, 0.2) is 78.3 Å². The van der Waals surface area contributed by atoms with Crippen molar-refractivity contribution in [2.45, 2.75) is 0 Å². The van der Waals surface area contributed by atoms with Crippen LogP contribution in [0.25, 0.3) is 11.3 Å². The van der Waals surface area contributed by atoms with Crippen LogP contribution in [0.3, 0.4) is 0 Å². The molecule has 4 nitrogen and oxygen atoms in total. The molecule has 3 rings (SSSR count). The maximum atomic E-state index is 4.32. The lowest BCUT2D eigenvalue weighted by Gasteiger charge is -2.03. The molecule has 0 saturated carbocycles. The number of aromatic nitrogens is 2. The van der Waals surface area contributed by atoms with Gasteiger partial charge in [-0.05, 0) is 42.0 Å². The summed E-state index contributed by atoms with van der Waals surface area (Å²) in [6.45, 7) is 0. The van der Waals surface area contributed by atoms with Crippen LogP contribution < -0.4 is 5.43 Å². The maximum absolute atomic E-state index is 4.32. The zero-order valence-corrected chi connectivity index (χ0v) is 11.3. The average Bonchev–Trinajstić information content (AvgIpc) is 2.57. The molecule has 0 radical (unpaired) electrons. The molecule has 1 aromatic carbocycles. The molecule has 2 aromatic heterocycles. The molecule has 4 heteroatoms. The summed E-state index contributed by atoms with van der Waals surface area (Å²) in [6, 6.07) is 17.7. The maximum Gasteiger partial charge on any atom is 0.0701 e. The molecule has 1 N–H and O–H groups in total. The molecule has 0 saturated heterocycles. The molecular formula is C17H14N4. The van der Waals surface area contributed by atoms with Crippen LogP contribution in [-0.2, 0) is 0 Å². The van der Waals surface area contributed by atoms with Gasteiger partial charge in [-0.3, -0.25) is 15.4 Å². The fraction of sp³-hybridized carbons (Fsp3) is 0. The molecule has 3 aromatic rings. The number of hydrogen-bond donors (Lipinski definition) is 1. The second kappa shape index (κ2) is 6.43. The fourth-order valence-corrected chi connectivity index (χ4v) is 1.88. The van der Waals surface area contributed by atoms with Crippen molar-refractivity contribution >= 4 is 11.9 Å². The van der Waals surface area contributed by atoms with Crippen molar-refractivity contribution in [1.82, 2.24) is 9.97 Å². The van der Waals surface area contributed by atoms with Gasteiger partial charge >= 0.3 is 0 Å². The minimum absolute atomic E-state index is 0.931.